The molecule has 0 bridgehead atoms. The number of ether oxygens (including phenoxy) is 2. The number of nitrogens with zero attached hydrogens (tertiary/aromatic N) is 1. The number of phenols is 1. The van der Waals surface area contributed by atoms with E-state index in [2.05, 4.69) is 0 Å². The van der Waals surface area contributed by atoms with Gasteiger partial charge in [0.1, 0.15) is 5.75 Å². The van der Waals surface area contributed by atoms with E-state index in [1.54, 1.807) is 25.3 Å². The SMILES string of the molecule is CCOc1cc([C@@H]2[C@H]3CCCC[C@]3(O)CCN2C(=O)c2ccccc2OC)ccc1O. The Labute approximate surface area is 183 Å². The van der Waals surface area contributed by atoms with Gasteiger partial charge < -0.3 is 24.6 Å². The molecule has 2 aliphatic rings. The van der Waals surface area contributed by atoms with Gasteiger partial charge >= 0.3 is 0 Å². The highest BCUT2D eigenvalue weighted by molar-refractivity contribution is 5.97. The highest BCUT2D eigenvalue weighted by Gasteiger charge is 2.50. The summed E-state index contributed by atoms with van der Waals surface area (Å²) in [5.74, 6) is 0.822. The van der Waals surface area contributed by atoms with Gasteiger partial charge in [0.05, 0.1) is 30.9 Å². The Bertz CT molecular complexity index is 945. The molecule has 1 saturated carbocycles. The number of carbonyl (C=O) groups is 1. The number of hydrogen-bond donors (Lipinski definition) is 2. The average molecular weight is 426 g/mol. The summed E-state index contributed by atoms with van der Waals surface area (Å²) < 4.78 is 11.1. The van der Waals surface area contributed by atoms with Crippen molar-refractivity contribution in [1.82, 2.24) is 4.90 Å². The van der Waals surface area contributed by atoms with Gasteiger partial charge in [0, 0.05) is 12.5 Å². The molecule has 0 radical (unpaired) electrons. The number of rotatable bonds is 5. The lowest BCUT2D eigenvalue weighted by Gasteiger charge is -2.52. The molecule has 0 unspecified atom stereocenters. The van der Waals surface area contributed by atoms with Crippen molar-refractivity contribution in [3.05, 3.63) is 53.6 Å². The lowest BCUT2D eigenvalue weighted by Crippen LogP contribution is -2.56. The van der Waals surface area contributed by atoms with E-state index in [-0.39, 0.29) is 23.6 Å². The second kappa shape index (κ2) is 8.79. The number of phenolic OH excluding ortho intramolecular Hbond substituents is 1. The molecule has 166 valence electrons. The van der Waals surface area contributed by atoms with Crippen molar-refractivity contribution in [3.63, 3.8) is 0 Å². The Kier molecular flexibility index (Phi) is 6.10. The van der Waals surface area contributed by atoms with E-state index < -0.39 is 5.60 Å². The van der Waals surface area contributed by atoms with Crippen molar-refractivity contribution in [3.8, 4) is 17.2 Å². The third-order valence-electron chi connectivity index (χ3n) is 6.79. The maximum absolute atomic E-state index is 13.7. The Balaban J connectivity index is 1.79. The molecule has 2 aromatic rings. The molecular formula is C25H31NO5. The third kappa shape index (κ3) is 3.97. The molecule has 4 rings (SSSR count). The van der Waals surface area contributed by atoms with Gasteiger partial charge in [0.2, 0.25) is 0 Å². The molecule has 6 nitrogen and oxygen atoms in total. The highest BCUT2D eigenvalue weighted by atomic mass is 16.5. The number of piperidine rings is 1. The zero-order valence-electron chi connectivity index (χ0n) is 18.2. The molecule has 1 aliphatic carbocycles. The fraction of sp³-hybridized carbons (Fsp3) is 0.480. The first kappa shape index (κ1) is 21.5. The summed E-state index contributed by atoms with van der Waals surface area (Å²) in [6.07, 6.45) is 4.19. The van der Waals surface area contributed by atoms with Crippen LogP contribution in [-0.2, 0) is 0 Å². The Morgan fingerprint density at radius 2 is 1.97 bits per heavy atom. The first-order valence-electron chi connectivity index (χ1n) is 11.1. The Morgan fingerprint density at radius 1 is 1.16 bits per heavy atom. The molecule has 31 heavy (non-hydrogen) atoms. The van der Waals surface area contributed by atoms with E-state index in [1.807, 2.05) is 36.1 Å². The first-order chi connectivity index (χ1) is 15.0. The standard InChI is InChI=1S/C25H31NO5/c1-3-31-22-16-17(11-12-20(22)27)23-19-9-6-7-13-25(19,29)14-15-26(23)24(28)18-8-4-5-10-21(18)30-2/h4-5,8,10-12,16,19,23,27,29H,3,6-7,9,13-15H2,1-2H3/t19-,23-,25+/m1/s1. The minimum Gasteiger partial charge on any atom is -0.504 e. The van der Waals surface area contributed by atoms with Crippen molar-refractivity contribution in [2.75, 3.05) is 20.3 Å². The molecule has 0 aromatic heterocycles. The van der Waals surface area contributed by atoms with Gasteiger partial charge in [-0.05, 0) is 56.0 Å². The first-order valence-corrected chi connectivity index (χ1v) is 11.1. The predicted octanol–water partition coefficient (Wildman–Crippen LogP) is 4.31. The summed E-state index contributed by atoms with van der Waals surface area (Å²) in [4.78, 5) is 15.6. The summed E-state index contributed by atoms with van der Waals surface area (Å²) in [5.41, 5.74) is 0.596. The van der Waals surface area contributed by atoms with Gasteiger partial charge in [-0.15, -0.1) is 0 Å². The minimum absolute atomic E-state index is 0.0721. The lowest BCUT2D eigenvalue weighted by atomic mass is 9.66. The van der Waals surface area contributed by atoms with Crippen LogP contribution in [0.4, 0.5) is 0 Å². The molecule has 1 amide bonds. The van der Waals surface area contributed by atoms with Gasteiger partial charge in [0.25, 0.3) is 5.91 Å². The topological polar surface area (TPSA) is 79.2 Å². The molecule has 1 saturated heterocycles. The van der Waals surface area contributed by atoms with Crippen LogP contribution in [0.25, 0.3) is 0 Å². The van der Waals surface area contributed by atoms with E-state index in [0.29, 0.717) is 36.6 Å². The van der Waals surface area contributed by atoms with Crippen molar-refractivity contribution in [2.45, 2.75) is 50.7 Å². The molecule has 6 heteroatoms. The molecular weight excluding hydrogens is 394 g/mol. The summed E-state index contributed by atoms with van der Waals surface area (Å²) in [6, 6.07) is 12.2. The maximum Gasteiger partial charge on any atom is 0.258 e. The highest BCUT2D eigenvalue weighted by Crippen LogP contribution is 2.50. The molecule has 1 heterocycles. The van der Waals surface area contributed by atoms with Crippen molar-refractivity contribution < 1.29 is 24.5 Å². The largest absolute Gasteiger partial charge is 0.504 e. The molecule has 1 aliphatic heterocycles. The Morgan fingerprint density at radius 3 is 2.74 bits per heavy atom. The average Bonchev–Trinajstić information content (AvgIpc) is 2.79. The van der Waals surface area contributed by atoms with Crippen LogP contribution in [0.3, 0.4) is 0 Å². The van der Waals surface area contributed by atoms with Crippen molar-refractivity contribution in [2.24, 2.45) is 5.92 Å². The fourth-order valence-corrected chi connectivity index (χ4v) is 5.28. The predicted molar refractivity (Wildman–Crippen MR) is 118 cm³/mol. The lowest BCUT2D eigenvalue weighted by molar-refractivity contribution is -0.115. The number of likely N-dealkylation sites (tertiary alicyclic amines) is 1. The van der Waals surface area contributed by atoms with Gasteiger partial charge in [-0.3, -0.25) is 4.79 Å². The number of aliphatic hydroxyl groups is 1. The van der Waals surface area contributed by atoms with Crippen LogP contribution in [0.1, 0.15) is 61.0 Å². The zero-order chi connectivity index (χ0) is 22.0. The number of amides is 1. The van der Waals surface area contributed by atoms with Gasteiger partial charge in [-0.1, -0.05) is 31.0 Å². The number of hydrogen-bond acceptors (Lipinski definition) is 5. The smallest absolute Gasteiger partial charge is 0.258 e. The summed E-state index contributed by atoms with van der Waals surface area (Å²) in [6.45, 7) is 2.75. The second-order valence-corrected chi connectivity index (χ2v) is 8.51. The molecule has 2 fully saturated rings. The van der Waals surface area contributed by atoms with E-state index >= 15 is 0 Å². The van der Waals surface area contributed by atoms with Crippen molar-refractivity contribution in [1.29, 1.82) is 0 Å². The summed E-state index contributed by atoms with van der Waals surface area (Å²) >= 11 is 0. The van der Waals surface area contributed by atoms with Crippen LogP contribution >= 0.6 is 0 Å². The van der Waals surface area contributed by atoms with Gasteiger partial charge in [-0.2, -0.15) is 0 Å². The van der Waals surface area contributed by atoms with E-state index in [4.69, 9.17) is 9.47 Å². The Hall–Kier alpha value is -2.73. The number of methoxy groups -OCH3 is 1. The second-order valence-electron chi connectivity index (χ2n) is 8.51. The van der Waals surface area contributed by atoms with Gasteiger partial charge in [0.15, 0.2) is 11.5 Å². The van der Waals surface area contributed by atoms with Crippen LogP contribution in [0, 0.1) is 5.92 Å². The molecule has 0 spiro atoms. The summed E-state index contributed by atoms with van der Waals surface area (Å²) in [7, 11) is 1.56. The maximum atomic E-state index is 13.7. The van der Waals surface area contributed by atoms with E-state index in [9.17, 15) is 15.0 Å². The van der Waals surface area contributed by atoms with E-state index in [0.717, 1.165) is 31.2 Å². The normalized spacial score (nSPS) is 25.6. The van der Waals surface area contributed by atoms with Crippen LogP contribution in [-0.4, -0.2) is 46.9 Å². The van der Waals surface area contributed by atoms with Crippen LogP contribution in [0.15, 0.2) is 42.5 Å². The van der Waals surface area contributed by atoms with Crippen LogP contribution < -0.4 is 9.47 Å². The van der Waals surface area contributed by atoms with Gasteiger partial charge in [-0.25, -0.2) is 0 Å². The number of fused-ring (bicyclic) bond motifs is 1. The number of benzene rings is 2. The zero-order valence-corrected chi connectivity index (χ0v) is 18.2. The van der Waals surface area contributed by atoms with Crippen molar-refractivity contribution >= 4 is 5.91 Å². The number of para-hydroxylation sites is 1. The number of carbonyl (C=O) groups excluding carboxylic acids is 1. The van der Waals surface area contributed by atoms with Crippen LogP contribution in [0.2, 0.25) is 0 Å². The molecule has 2 N–H and O–H groups in total. The third-order valence-corrected chi connectivity index (χ3v) is 6.79. The summed E-state index contributed by atoms with van der Waals surface area (Å²) in [5, 5.41) is 21.7. The minimum atomic E-state index is -0.788. The molecule has 3 atom stereocenters. The number of aromatic hydroxyl groups is 1. The van der Waals surface area contributed by atoms with E-state index in [1.165, 1.54) is 0 Å². The fourth-order valence-electron chi connectivity index (χ4n) is 5.28. The monoisotopic (exact) mass is 425 g/mol. The molecule has 2 aromatic carbocycles. The quantitative estimate of drug-likeness (QED) is 0.746. The van der Waals surface area contributed by atoms with Crippen LogP contribution in [0.5, 0.6) is 17.2 Å².